The number of carbonyl (C=O) groups is 5. The zero-order valence-electron chi connectivity index (χ0n) is 75.1. The van der Waals surface area contributed by atoms with Gasteiger partial charge in [0.05, 0.1) is 103 Å². The first kappa shape index (κ1) is 112. The van der Waals surface area contributed by atoms with Gasteiger partial charge < -0.3 is 134 Å². The molecule has 7 aliphatic rings. The Bertz CT molecular complexity index is 3040. The second-order valence-corrected chi connectivity index (χ2v) is 46.0. The number of ether oxygens (including phenoxy) is 19. The summed E-state index contributed by atoms with van der Waals surface area (Å²) >= 11 is 0. The predicted octanol–water partition coefficient (Wildman–Crippen LogP) is 7.40. The van der Waals surface area contributed by atoms with Crippen LogP contribution in [0.25, 0.3) is 0 Å². The predicted molar refractivity (Wildman–Crippen MR) is 422 cm³/mol. The van der Waals surface area contributed by atoms with Crippen molar-refractivity contribution in [2.24, 2.45) is 11.8 Å². The summed E-state index contributed by atoms with van der Waals surface area (Å²) in [5, 5.41) is 67.9. The van der Waals surface area contributed by atoms with Gasteiger partial charge >= 0.3 is 45.5 Å². The van der Waals surface area contributed by atoms with Gasteiger partial charge in [0, 0.05) is 6.08 Å². The normalized spacial score (nSPS) is 26.6. The molecule has 0 aliphatic carbocycles. The molecule has 7 rings (SSSR count). The summed E-state index contributed by atoms with van der Waals surface area (Å²) in [6.07, 6.45) is -9.73. The number of hydrogen-bond acceptors (Lipinski definition) is 35. The second-order valence-electron chi connectivity index (χ2n) is 34.7. The van der Waals surface area contributed by atoms with E-state index < -0.39 is 181 Å². The van der Waals surface area contributed by atoms with Crippen LogP contribution in [0.4, 0.5) is 13.2 Å². The van der Waals surface area contributed by atoms with E-state index in [4.69, 9.17) is 85.0 Å². The minimum atomic E-state index is -5.48. The number of aliphatic hydroxyl groups excluding tert-OH is 7. The van der Waals surface area contributed by atoms with Gasteiger partial charge in [0.1, 0.15) is 67.1 Å². The number of carbonyl (C=O) groups excluding carboxylic acids is 5. The fourth-order valence-electron chi connectivity index (χ4n) is 10.7. The van der Waals surface area contributed by atoms with Gasteiger partial charge in [0.15, 0.2) is 61.0 Å². The Morgan fingerprint density at radius 2 is 0.661 bits per heavy atom. The van der Waals surface area contributed by atoms with Crippen LogP contribution in [-0.2, 0) is 132 Å². The van der Waals surface area contributed by atoms with Gasteiger partial charge in [0.2, 0.25) is 8.32 Å². The molecular weight excluding hydrogens is 1630 g/mol. The first-order chi connectivity index (χ1) is 53.4. The molecular formula is C77H143F3O35SSi2. The molecule has 0 aromatic carbocycles. The van der Waals surface area contributed by atoms with Crippen molar-refractivity contribution in [2.75, 3.05) is 79.3 Å². The molecule has 0 unspecified atom stereocenters. The molecule has 7 aliphatic heterocycles. The van der Waals surface area contributed by atoms with Crippen LogP contribution < -0.4 is 0 Å². The van der Waals surface area contributed by atoms with Crippen LogP contribution >= 0.6 is 0 Å². The van der Waals surface area contributed by atoms with Crippen molar-refractivity contribution in [3.8, 4) is 0 Å². The molecule has 7 fully saturated rings. The standard InChI is InChI=1S/C17H34O5Si.C12H22O6.C11H20O5.2C10H18O6.C10H16O4.C7H15F3O3SSi/c1-10-19-15(18)12(2)14(13-11-20-17(6,7)21-13)22-23(8,9)16(3,4)5;1-11(2)15-5-7(17-11)9(13)10(14)8-6-16-12(3,4)18-8;1-5-14-10(13)7(2)9(12)8-6-15-11(3,4)16-8;2*1-4-14-9(13)8(12)7(11)6-5-15-10(2,3)16-6;1-4-12-9(11)6-5-8-7-13-10(2,3)14-8;1-6(2,3)15(4,5)13-14(11,12)7(8,9)10/h12-14H,10-11H2,1-9H3;7-10,13-14H,5-6H2,1-4H3;7-9,12H,5-6H2,1-4H3;2*6-8,11-12H,4-5H2,1-3H3;5-6,8H,4,7H2,1-3H3;1-5H3/b;;;;;6-5+;/t12-,13+,14-;7-,8-,9-,10-;7-,8+,9-;2*6-,7-,8+;8-;/m010110./s1. The average molecular weight is 1770 g/mol. The van der Waals surface area contributed by atoms with Gasteiger partial charge in [-0.3, -0.25) is 9.59 Å². The van der Waals surface area contributed by atoms with Crippen LogP contribution in [0.1, 0.15) is 187 Å². The van der Waals surface area contributed by atoms with Gasteiger partial charge in [-0.1, -0.05) is 41.5 Å². The lowest BCUT2D eigenvalue weighted by atomic mass is 10.0. The highest BCUT2D eigenvalue weighted by Crippen LogP contribution is 2.43. The third kappa shape index (κ3) is 38.0. The molecule has 696 valence electrons. The lowest BCUT2D eigenvalue weighted by molar-refractivity contribution is -0.183. The summed E-state index contributed by atoms with van der Waals surface area (Å²) in [6, 6.07) is 0. The van der Waals surface area contributed by atoms with Crippen molar-refractivity contribution in [3.63, 3.8) is 0 Å². The first-order valence-electron chi connectivity index (χ1n) is 39.6. The SMILES string of the molecule is CC(C)(C)[Si](C)(C)OS(=O)(=O)C(F)(F)F.CC1(C)OC[C@H]([C@@H](O)[C@H](O)[C@H]2COC(C)(C)O2)O1.CCOC(=O)/C=C/[C@H]1COC(C)(C)O1.CCOC(=O)[C@@H](C)[C@H](O)[C@H]1COC(C)(C)O1.CCOC(=O)[C@@H](C)[C@H](O[Si](C)(C)C(C)(C)C)[C@H]1COC(C)(C)O1.CCOC(=O)[C@@H](O)[C@H](O)[C@H]1COC(C)(C)O1.CCOC(=O)[C@@H](O)[C@H](O)[C@H]1COC(C)(C)O1. The van der Waals surface area contributed by atoms with Crippen molar-refractivity contribution in [1.29, 1.82) is 0 Å². The van der Waals surface area contributed by atoms with E-state index in [-0.39, 0.29) is 81.5 Å². The van der Waals surface area contributed by atoms with E-state index in [2.05, 4.69) is 47.2 Å². The van der Waals surface area contributed by atoms with Crippen LogP contribution in [0.2, 0.25) is 36.3 Å². The molecule has 0 aromatic heterocycles. The monoisotopic (exact) mass is 1770 g/mol. The van der Waals surface area contributed by atoms with Gasteiger partial charge in [-0.25, -0.2) is 14.4 Å². The number of esters is 5. The van der Waals surface area contributed by atoms with Crippen LogP contribution in [0, 0.1) is 11.8 Å². The van der Waals surface area contributed by atoms with E-state index in [1.165, 1.54) is 19.2 Å². The summed E-state index contributed by atoms with van der Waals surface area (Å²) in [6.45, 7) is 58.9. The van der Waals surface area contributed by atoms with Crippen LogP contribution in [0.15, 0.2) is 12.2 Å². The molecule has 118 heavy (non-hydrogen) atoms. The average Bonchev–Trinajstić information content (AvgIpc) is 1.07. The third-order valence-corrected chi connectivity index (χ3v) is 30.4. The number of halogens is 3. The Kier molecular flexibility index (Phi) is 44.3. The maximum absolute atomic E-state index is 12.3. The first-order valence-corrected chi connectivity index (χ1v) is 46.8. The van der Waals surface area contributed by atoms with Crippen molar-refractivity contribution in [3.05, 3.63) is 12.2 Å². The second kappa shape index (κ2) is 46.5. The molecule has 17 atom stereocenters. The zero-order valence-corrected chi connectivity index (χ0v) is 77.9. The fraction of sp³-hybridized carbons (Fsp3) is 0.909. The number of hydrogen-bond donors (Lipinski definition) is 7. The van der Waals surface area contributed by atoms with Crippen molar-refractivity contribution >= 4 is 56.6 Å². The Balaban J connectivity index is 0.000000692. The molecule has 35 nitrogen and oxygen atoms in total. The van der Waals surface area contributed by atoms with Crippen molar-refractivity contribution in [1.82, 2.24) is 0 Å². The topological polar surface area (TPSA) is 455 Å². The van der Waals surface area contributed by atoms with Gasteiger partial charge in [-0.15, -0.1) is 0 Å². The van der Waals surface area contributed by atoms with Crippen molar-refractivity contribution < 1.29 is 180 Å². The molecule has 0 spiro atoms. The molecule has 7 N–H and O–H groups in total. The van der Waals surface area contributed by atoms with Crippen LogP contribution in [0.5, 0.6) is 0 Å². The molecule has 0 aromatic rings. The maximum atomic E-state index is 12.3. The molecule has 41 heteroatoms. The summed E-state index contributed by atoms with van der Waals surface area (Å²) in [5.74, 6) is -8.68. The van der Waals surface area contributed by atoms with Crippen molar-refractivity contribution in [2.45, 2.75) is 361 Å². The molecule has 7 saturated heterocycles. The van der Waals surface area contributed by atoms with E-state index in [0.717, 1.165) is 0 Å². The van der Waals surface area contributed by atoms with E-state index in [0.29, 0.717) is 33.0 Å². The smallest absolute Gasteiger partial charge is 0.466 e. The van der Waals surface area contributed by atoms with E-state index in [1.807, 2.05) is 41.5 Å². The lowest BCUT2D eigenvalue weighted by Gasteiger charge is -2.41. The molecule has 7 heterocycles. The van der Waals surface area contributed by atoms with Gasteiger partial charge in [0.25, 0.3) is 0 Å². The molecule has 0 saturated carbocycles. The summed E-state index contributed by atoms with van der Waals surface area (Å²) in [4.78, 5) is 57.0. The fourth-order valence-corrected chi connectivity index (χ4v) is 15.6. The lowest BCUT2D eigenvalue weighted by Crippen LogP contribution is -2.51. The molecule has 0 radical (unpaired) electrons. The minimum absolute atomic E-state index is 0.0502. The maximum Gasteiger partial charge on any atom is 0.522 e. The van der Waals surface area contributed by atoms with Gasteiger partial charge in [-0.2, -0.15) is 21.6 Å². The largest absolute Gasteiger partial charge is 0.522 e. The molecule has 0 amide bonds. The highest BCUT2D eigenvalue weighted by Gasteiger charge is 2.54. The number of aliphatic hydroxyl groups is 7. The quantitative estimate of drug-likeness (QED) is 0.0146. The Labute approximate surface area is 697 Å². The highest BCUT2D eigenvalue weighted by molar-refractivity contribution is 7.88. The molecule has 0 bridgehead atoms. The Morgan fingerprint density at radius 1 is 0.398 bits per heavy atom. The van der Waals surface area contributed by atoms with E-state index in [1.54, 1.807) is 131 Å². The third-order valence-electron chi connectivity index (χ3n) is 19.2. The number of rotatable bonds is 26. The zero-order chi connectivity index (χ0) is 92.0. The highest BCUT2D eigenvalue weighted by atomic mass is 32.2. The van der Waals surface area contributed by atoms with E-state index >= 15 is 0 Å². The number of alkyl halides is 3. The van der Waals surface area contributed by atoms with E-state index in [9.17, 15) is 81.3 Å². The Morgan fingerprint density at radius 3 is 0.924 bits per heavy atom. The Hall–Kier alpha value is -3.66. The summed E-state index contributed by atoms with van der Waals surface area (Å²) < 4.78 is 169. The van der Waals surface area contributed by atoms with Crippen LogP contribution in [0.3, 0.4) is 0 Å². The van der Waals surface area contributed by atoms with Crippen LogP contribution in [-0.4, -0.2) is 308 Å². The minimum Gasteiger partial charge on any atom is -0.466 e. The summed E-state index contributed by atoms with van der Waals surface area (Å²) in [7, 11) is -10.5. The summed E-state index contributed by atoms with van der Waals surface area (Å²) in [5.41, 5.74) is -5.34. The van der Waals surface area contributed by atoms with Gasteiger partial charge in [-0.05, 0) is 188 Å².